The number of benzene rings is 1. The molecular formula is C16H14ClN3O. The summed E-state index contributed by atoms with van der Waals surface area (Å²) in [5.41, 5.74) is 2.63. The van der Waals surface area contributed by atoms with Gasteiger partial charge in [0.05, 0.1) is 0 Å². The van der Waals surface area contributed by atoms with Crippen LogP contribution in [-0.2, 0) is 6.54 Å². The summed E-state index contributed by atoms with van der Waals surface area (Å²) >= 11 is 5.90. The number of nitrogens with one attached hydrogen (secondary N) is 1. The molecule has 2 heterocycles. The molecule has 1 aromatic carbocycles. The van der Waals surface area contributed by atoms with Crippen LogP contribution in [0.2, 0.25) is 5.02 Å². The fourth-order valence-electron chi connectivity index (χ4n) is 2.21. The molecule has 0 saturated carbocycles. The second-order valence-corrected chi connectivity index (χ2v) is 5.34. The minimum atomic E-state index is -0.0745. The molecule has 0 spiro atoms. The summed E-state index contributed by atoms with van der Waals surface area (Å²) < 4.78 is 2.04. The van der Waals surface area contributed by atoms with Crippen molar-refractivity contribution in [2.75, 3.05) is 0 Å². The highest BCUT2D eigenvalue weighted by atomic mass is 35.5. The lowest BCUT2D eigenvalue weighted by Gasteiger charge is -2.08. The van der Waals surface area contributed by atoms with E-state index in [9.17, 15) is 4.79 Å². The van der Waals surface area contributed by atoms with Gasteiger partial charge in [0.2, 0.25) is 0 Å². The van der Waals surface area contributed by atoms with E-state index in [4.69, 9.17) is 11.6 Å². The number of imidazole rings is 1. The molecule has 0 aliphatic heterocycles. The molecule has 0 bridgehead atoms. The molecule has 0 saturated heterocycles. The van der Waals surface area contributed by atoms with Gasteiger partial charge in [-0.15, -0.1) is 0 Å². The van der Waals surface area contributed by atoms with Gasteiger partial charge >= 0.3 is 0 Å². The Morgan fingerprint density at radius 1 is 1.29 bits per heavy atom. The number of halogens is 1. The van der Waals surface area contributed by atoms with Crippen molar-refractivity contribution < 1.29 is 0 Å². The van der Waals surface area contributed by atoms with E-state index < -0.39 is 0 Å². The molecule has 0 amide bonds. The van der Waals surface area contributed by atoms with Crippen molar-refractivity contribution in [2.24, 2.45) is 0 Å². The van der Waals surface area contributed by atoms with Crippen molar-refractivity contribution in [3.63, 3.8) is 0 Å². The predicted molar refractivity (Wildman–Crippen MR) is 83.6 cm³/mol. The lowest BCUT2D eigenvalue weighted by Crippen LogP contribution is -2.09. The van der Waals surface area contributed by atoms with Crippen molar-refractivity contribution in [1.82, 2.24) is 14.5 Å². The van der Waals surface area contributed by atoms with Gasteiger partial charge in [-0.2, -0.15) is 0 Å². The van der Waals surface area contributed by atoms with Crippen molar-refractivity contribution in [3.8, 4) is 11.4 Å². The van der Waals surface area contributed by atoms with E-state index in [2.05, 4.69) is 9.97 Å². The van der Waals surface area contributed by atoms with Gasteiger partial charge in [0.15, 0.2) is 0 Å². The predicted octanol–water partition coefficient (Wildman–Crippen LogP) is 3.25. The number of hydrogen-bond donors (Lipinski definition) is 1. The normalized spacial score (nSPS) is 10.8. The highest BCUT2D eigenvalue weighted by molar-refractivity contribution is 6.30. The van der Waals surface area contributed by atoms with Gasteiger partial charge in [-0.25, -0.2) is 4.98 Å². The lowest BCUT2D eigenvalue weighted by molar-refractivity contribution is 0.806. The molecule has 0 aliphatic carbocycles. The van der Waals surface area contributed by atoms with Crippen LogP contribution in [-0.4, -0.2) is 14.5 Å². The lowest BCUT2D eigenvalue weighted by atomic mass is 10.2. The molecule has 2 aromatic heterocycles. The summed E-state index contributed by atoms with van der Waals surface area (Å²) in [4.78, 5) is 18.6. The van der Waals surface area contributed by atoms with E-state index in [0.29, 0.717) is 12.1 Å². The van der Waals surface area contributed by atoms with Gasteiger partial charge in [-0.05, 0) is 30.7 Å². The average molecular weight is 300 g/mol. The highest BCUT2D eigenvalue weighted by Gasteiger charge is 2.08. The van der Waals surface area contributed by atoms with Crippen LogP contribution in [0.5, 0.6) is 0 Å². The number of aryl methyl sites for hydroxylation is 1. The zero-order valence-corrected chi connectivity index (χ0v) is 12.3. The standard InChI is InChI=1S/C16H14ClN3O/c1-11-8-13(9-19-16(11)21)15-18-6-7-20(15)10-12-2-4-14(17)5-3-12/h2-9H,10H2,1H3,(H,19,21). The molecule has 0 fully saturated rings. The van der Waals surface area contributed by atoms with Gasteiger partial charge in [0.25, 0.3) is 5.56 Å². The zero-order chi connectivity index (χ0) is 14.8. The Kier molecular flexibility index (Phi) is 3.62. The Morgan fingerprint density at radius 3 is 2.76 bits per heavy atom. The van der Waals surface area contributed by atoms with Crippen LogP contribution >= 0.6 is 11.6 Å². The maximum Gasteiger partial charge on any atom is 0.250 e. The van der Waals surface area contributed by atoms with Gasteiger partial charge in [0, 0.05) is 41.3 Å². The van der Waals surface area contributed by atoms with Crippen molar-refractivity contribution in [2.45, 2.75) is 13.5 Å². The first-order valence-corrected chi connectivity index (χ1v) is 6.96. The first-order valence-electron chi connectivity index (χ1n) is 6.59. The maximum atomic E-state index is 11.5. The van der Waals surface area contributed by atoms with Crippen LogP contribution in [0.3, 0.4) is 0 Å². The molecule has 21 heavy (non-hydrogen) atoms. The van der Waals surface area contributed by atoms with Crippen LogP contribution in [0.1, 0.15) is 11.1 Å². The Balaban J connectivity index is 1.95. The second-order valence-electron chi connectivity index (χ2n) is 4.91. The second kappa shape index (κ2) is 5.58. The third-order valence-electron chi connectivity index (χ3n) is 3.33. The average Bonchev–Trinajstić information content (AvgIpc) is 2.92. The van der Waals surface area contributed by atoms with Gasteiger partial charge < -0.3 is 9.55 Å². The summed E-state index contributed by atoms with van der Waals surface area (Å²) in [5, 5.41) is 0.723. The first kappa shape index (κ1) is 13.6. The molecule has 106 valence electrons. The van der Waals surface area contributed by atoms with E-state index in [1.54, 1.807) is 19.3 Å². The molecule has 0 unspecified atom stereocenters. The topological polar surface area (TPSA) is 50.7 Å². The van der Waals surface area contributed by atoms with Crippen LogP contribution in [0.15, 0.2) is 53.7 Å². The molecule has 1 N–H and O–H groups in total. The van der Waals surface area contributed by atoms with E-state index in [1.807, 2.05) is 41.1 Å². The zero-order valence-electron chi connectivity index (χ0n) is 11.5. The van der Waals surface area contributed by atoms with E-state index in [-0.39, 0.29) is 5.56 Å². The minimum absolute atomic E-state index is 0.0745. The van der Waals surface area contributed by atoms with Gasteiger partial charge in [0.1, 0.15) is 5.82 Å². The minimum Gasteiger partial charge on any atom is -0.328 e. The highest BCUT2D eigenvalue weighted by Crippen LogP contribution is 2.18. The third-order valence-corrected chi connectivity index (χ3v) is 3.58. The number of aromatic amines is 1. The van der Waals surface area contributed by atoms with Crippen LogP contribution < -0.4 is 5.56 Å². The van der Waals surface area contributed by atoms with Crippen molar-refractivity contribution >= 4 is 11.6 Å². The van der Waals surface area contributed by atoms with Crippen molar-refractivity contribution in [3.05, 3.63) is 75.4 Å². The number of aromatic nitrogens is 3. The molecule has 4 nitrogen and oxygen atoms in total. The Hall–Kier alpha value is -2.33. The molecule has 0 aliphatic rings. The largest absolute Gasteiger partial charge is 0.328 e. The Bertz CT molecular complexity index is 818. The molecule has 5 heteroatoms. The third kappa shape index (κ3) is 2.90. The maximum absolute atomic E-state index is 11.5. The molecule has 3 rings (SSSR count). The summed E-state index contributed by atoms with van der Waals surface area (Å²) in [6.45, 7) is 2.49. The number of rotatable bonds is 3. The van der Waals surface area contributed by atoms with Gasteiger partial charge in [-0.1, -0.05) is 23.7 Å². The van der Waals surface area contributed by atoms with Crippen LogP contribution in [0, 0.1) is 6.92 Å². The quantitative estimate of drug-likeness (QED) is 0.807. The van der Waals surface area contributed by atoms with Crippen molar-refractivity contribution in [1.29, 1.82) is 0 Å². The summed E-state index contributed by atoms with van der Waals surface area (Å²) in [7, 11) is 0. The number of pyridine rings is 1. The van der Waals surface area contributed by atoms with Gasteiger partial charge in [-0.3, -0.25) is 4.79 Å². The summed E-state index contributed by atoms with van der Waals surface area (Å²) in [5.74, 6) is 0.823. The smallest absolute Gasteiger partial charge is 0.250 e. The fraction of sp³-hybridized carbons (Fsp3) is 0.125. The molecule has 0 radical (unpaired) electrons. The Labute approximate surface area is 127 Å². The fourth-order valence-corrected chi connectivity index (χ4v) is 2.34. The number of hydrogen-bond acceptors (Lipinski definition) is 2. The number of H-pyrrole nitrogens is 1. The van der Waals surface area contributed by atoms with Crippen LogP contribution in [0.4, 0.5) is 0 Å². The SMILES string of the molecule is Cc1cc(-c2nccn2Cc2ccc(Cl)cc2)c[nH]c1=O. The monoisotopic (exact) mass is 299 g/mol. The summed E-state index contributed by atoms with van der Waals surface area (Å²) in [6, 6.07) is 9.57. The molecule has 0 atom stereocenters. The molecule has 3 aromatic rings. The molecular weight excluding hydrogens is 286 g/mol. The Morgan fingerprint density at radius 2 is 2.05 bits per heavy atom. The van der Waals surface area contributed by atoms with Crippen LogP contribution in [0.25, 0.3) is 11.4 Å². The first-order chi connectivity index (χ1) is 10.1. The van der Waals surface area contributed by atoms with E-state index in [1.165, 1.54) is 0 Å². The number of nitrogens with zero attached hydrogens (tertiary/aromatic N) is 2. The van der Waals surface area contributed by atoms with E-state index >= 15 is 0 Å². The van der Waals surface area contributed by atoms with E-state index in [0.717, 1.165) is 22.0 Å². The summed E-state index contributed by atoms with van der Waals surface area (Å²) in [6.07, 6.45) is 5.37.